The number of piperidine rings is 1. The molecule has 0 amide bonds. The molecule has 0 spiro atoms. The quantitative estimate of drug-likeness (QED) is 0.864. The molecule has 0 radical (unpaired) electrons. The number of halogens is 2. The van der Waals surface area contributed by atoms with E-state index in [-0.39, 0.29) is 24.8 Å². The standard InChI is InChI=1S/C8H14N4O.2ClH/c9-6-7-10-11-8(13-7)12-4-2-1-3-5-12;;/h1-6,9H2;2*1H. The van der Waals surface area contributed by atoms with Gasteiger partial charge < -0.3 is 15.1 Å². The smallest absolute Gasteiger partial charge is 0.318 e. The summed E-state index contributed by atoms with van der Waals surface area (Å²) in [6.07, 6.45) is 3.72. The summed E-state index contributed by atoms with van der Waals surface area (Å²) in [7, 11) is 0. The van der Waals surface area contributed by atoms with Gasteiger partial charge in [0.2, 0.25) is 5.89 Å². The maximum Gasteiger partial charge on any atom is 0.318 e. The summed E-state index contributed by atoms with van der Waals surface area (Å²) in [5.41, 5.74) is 5.38. The van der Waals surface area contributed by atoms with E-state index in [0.717, 1.165) is 13.1 Å². The van der Waals surface area contributed by atoms with Crippen LogP contribution in [0.5, 0.6) is 0 Å². The van der Waals surface area contributed by atoms with Crippen LogP contribution < -0.4 is 10.6 Å². The molecule has 1 aliphatic rings. The van der Waals surface area contributed by atoms with Gasteiger partial charge in [-0.3, -0.25) is 0 Å². The minimum Gasteiger partial charge on any atom is -0.407 e. The van der Waals surface area contributed by atoms with Gasteiger partial charge in [-0.2, -0.15) is 0 Å². The SMILES string of the molecule is Cl.Cl.NCc1nnc(N2CCCCC2)o1. The van der Waals surface area contributed by atoms with Crippen molar-refractivity contribution in [2.75, 3.05) is 18.0 Å². The zero-order valence-electron chi connectivity index (χ0n) is 8.39. The normalized spacial score (nSPS) is 15.4. The van der Waals surface area contributed by atoms with Crippen LogP contribution in [0.3, 0.4) is 0 Å². The highest BCUT2D eigenvalue weighted by Gasteiger charge is 2.16. The summed E-state index contributed by atoms with van der Waals surface area (Å²) in [5.74, 6) is 0.514. The first-order valence-corrected chi connectivity index (χ1v) is 4.67. The zero-order valence-corrected chi connectivity index (χ0v) is 10.0. The summed E-state index contributed by atoms with van der Waals surface area (Å²) in [5, 5.41) is 7.77. The number of aromatic nitrogens is 2. The third kappa shape index (κ3) is 3.52. The van der Waals surface area contributed by atoms with E-state index in [1.165, 1.54) is 19.3 Å². The molecule has 1 fully saturated rings. The lowest BCUT2D eigenvalue weighted by molar-refractivity contribution is 0.462. The molecule has 0 aromatic carbocycles. The molecule has 1 aliphatic heterocycles. The van der Waals surface area contributed by atoms with E-state index in [0.29, 0.717) is 18.5 Å². The van der Waals surface area contributed by atoms with Crippen LogP contribution in [0, 0.1) is 0 Å². The van der Waals surface area contributed by atoms with Crippen LogP contribution in [-0.2, 0) is 6.54 Å². The van der Waals surface area contributed by atoms with Crippen molar-refractivity contribution in [3.63, 3.8) is 0 Å². The van der Waals surface area contributed by atoms with Crippen LogP contribution in [-0.4, -0.2) is 23.3 Å². The fraction of sp³-hybridized carbons (Fsp3) is 0.750. The van der Waals surface area contributed by atoms with Crippen molar-refractivity contribution in [1.29, 1.82) is 0 Å². The third-order valence-corrected chi connectivity index (χ3v) is 2.26. The second kappa shape index (κ2) is 6.87. The highest BCUT2D eigenvalue weighted by molar-refractivity contribution is 5.85. The van der Waals surface area contributed by atoms with E-state index < -0.39 is 0 Å². The van der Waals surface area contributed by atoms with Crippen molar-refractivity contribution in [2.45, 2.75) is 25.8 Å². The van der Waals surface area contributed by atoms with Gasteiger partial charge in [-0.15, -0.1) is 29.9 Å². The molecule has 0 saturated carbocycles. The first-order chi connectivity index (χ1) is 6.40. The van der Waals surface area contributed by atoms with Crippen LogP contribution in [0.15, 0.2) is 4.42 Å². The number of anilines is 1. The van der Waals surface area contributed by atoms with E-state index in [9.17, 15) is 0 Å². The Kier molecular flexibility index (Phi) is 6.63. The predicted molar refractivity (Wildman–Crippen MR) is 62.7 cm³/mol. The Bertz CT molecular complexity index is 275. The molecule has 2 N–H and O–H groups in total. The Labute approximate surface area is 101 Å². The summed E-state index contributed by atoms with van der Waals surface area (Å²) >= 11 is 0. The molecule has 88 valence electrons. The maximum absolute atomic E-state index is 5.38. The fourth-order valence-corrected chi connectivity index (χ4v) is 1.54. The molecule has 7 heteroatoms. The number of hydrogen-bond acceptors (Lipinski definition) is 5. The van der Waals surface area contributed by atoms with E-state index in [1.54, 1.807) is 0 Å². The first kappa shape index (κ1) is 14.5. The largest absolute Gasteiger partial charge is 0.407 e. The van der Waals surface area contributed by atoms with Gasteiger partial charge in [0.1, 0.15) is 0 Å². The lowest BCUT2D eigenvalue weighted by Crippen LogP contribution is -2.29. The minimum absolute atomic E-state index is 0. The molecule has 1 aromatic heterocycles. The van der Waals surface area contributed by atoms with Crippen molar-refractivity contribution >= 4 is 30.8 Å². The second-order valence-corrected chi connectivity index (χ2v) is 3.23. The number of nitrogens with two attached hydrogens (primary N) is 1. The minimum atomic E-state index is 0. The lowest BCUT2D eigenvalue weighted by Gasteiger charge is -2.24. The average Bonchev–Trinajstić information content (AvgIpc) is 2.67. The third-order valence-electron chi connectivity index (χ3n) is 2.26. The molecule has 0 bridgehead atoms. The number of hydrogen-bond donors (Lipinski definition) is 1. The van der Waals surface area contributed by atoms with E-state index >= 15 is 0 Å². The van der Waals surface area contributed by atoms with Crippen LogP contribution in [0.2, 0.25) is 0 Å². The molecule has 15 heavy (non-hydrogen) atoms. The topological polar surface area (TPSA) is 68.2 Å². The van der Waals surface area contributed by atoms with Gasteiger partial charge in [0.15, 0.2) is 0 Å². The summed E-state index contributed by atoms with van der Waals surface area (Å²) in [4.78, 5) is 2.12. The Morgan fingerprint density at radius 3 is 2.33 bits per heavy atom. The van der Waals surface area contributed by atoms with Crippen LogP contribution >= 0.6 is 24.8 Å². The maximum atomic E-state index is 5.38. The fourth-order valence-electron chi connectivity index (χ4n) is 1.54. The van der Waals surface area contributed by atoms with E-state index in [2.05, 4.69) is 15.1 Å². The Morgan fingerprint density at radius 1 is 1.13 bits per heavy atom. The van der Waals surface area contributed by atoms with E-state index in [4.69, 9.17) is 10.2 Å². The number of rotatable bonds is 2. The molecular weight excluding hydrogens is 239 g/mol. The predicted octanol–water partition coefficient (Wildman–Crippen LogP) is 1.36. The van der Waals surface area contributed by atoms with Gasteiger partial charge in [-0.25, -0.2) is 0 Å². The highest BCUT2D eigenvalue weighted by atomic mass is 35.5. The second-order valence-electron chi connectivity index (χ2n) is 3.23. The van der Waals surface area contributed by atoms with Gasteiger partial charge in [0.05, 0.1) is 6.54 Å². The van der Waals surface area contributed by atoms with Crippen LogP contribution in [0.25, 0.3) is 0 Å². The molecule has 1 aromatic rings. The van der Waals surface area contributed by atoms with Crippen molar-refractivity contribution in [3.8, 4) is 0 Å². The van der Waals surface area contributed by atoms with E-state index in [1.807, 2.05) is 0 Å². The van der Waals surface area contributed by atoms with Crippen LogP contribution in [0.1, 0.15) is 25.2 Å². The van der Waals surface area contributed by atoms with Gasteiger partial charge in [0.25, 0.3) is 0 Å². The Balaban J connectivity index is 0.000000980. The summed E-state index contributed by atoms with van der Waals surface area (Å²) in [6.45, 7) is 2.36. The van der Waals surface area contributed by atoms with Crippen molar-refractivity contribution in [2.24, 2.45) is 5.73 Å². The van der Waals surface area contributed by atoms with Gasteiger partial charge in [-0.05, 0) is 19.3 Å². The van der Waals surface area contributed by atoms with Gasteiger partial charge in [-0.1, -0.05) is 5.10 Å². The zero-order chi connectivity index (χ0) is 9.10. The lowest BCUT2D eigenvalue weighted by atomic mass is 10.1. The first-order valence-electron chi connectivity index (χ1n) is 4.67. The molecule has 0 unspecified atom stereocenters. The molecule has 5 nitrogen and oxygen atoms in total. The van der Waals surface area contributed by atoms with Crippen molar-refractivity contribution in [1.82, 2.24) is 10.2 Å². The molecule has 0 atom stereocenters. The van der Waals surface area contributed by atoms with Crippen molar-refractivity contribution in [3.05, 3.63) is 5.89 Å². The average molecular weight is 255 g/mol. The number of nitrogens with zero attached hydrogens (tertiary/aromatic N) is 3. The van der Waals surface area contributed by atoms with Gasteiger partial charge in [0, 0.05) is 13.1 Å². The van der Waals surface area contributed by atoms with Crippen molar-refractivity contribution < 1.29 is 4.42 Å². The summed E-state index contributed by atoms with van der Waals surface area (Å²) in [6, 6.07) is 0.625. The van der Waals surface area contributed by atoms with Gasteiger partial charge >= 0.3 is 6.01 Å². The molecule has 1 saturated heterocycles. The monoisotopic (exact) mass is 254 g/mol. The highest BCUT2D eigenvalue weighted by Crippen LogP contribution is 2.17. The molecule has 2 rings (SSSR count). The Morgan fingerprint density at radius 2 is 1.80 bits per heavy atom. The Hall–Kier alpha value is -0.520. The molecular formula is C8H16Cl2N4O. The van der Waals surface area contributed by atoms with Crippen LogP contribution in [0.4, 0.5) is 6.01 Å². The summed E-state index contributed by atoms with van der Waals surface area (Å²) < 4.78 is 5.35. The molecule has 2 heterocycles. The molecule has 0 aliphatic carbocycles.